The zero-order valence-corrected chi connectivity index (χ0v) is 25.1. The van der Waals surface area contributed by atoms with Crippen LogP contribution >= 0.6 is 63.1 Å². The fraction of sp³-hybridized carbons (Fsp3) is 0.346. The summed E-state index contributed by atoms with van der Waals surface area (Å²) in [6.45, 7) is 2.84. The molecule has 1 fully saturated rings. The molecular weight excluding hydrogens is 621 g/mol. The van der Waals surface area contributed by atoms with Crippen molar-refractivity contribution in [1.82, 2.24) is 4.90 Å². The molecule has 2 aromatic rings. The van der Waals surface area contributed by atoms with Crippen molar-refractivity contribution in [2.24, 2.45) is 0 Å². The molecule has 37 heavy (non-hydrogen) atoms. The summed E-state index contributed by atoms with van der Waals surface area (Å²) in [7, 11) is 1.54. The van der Waals surface area contributed by atoms with Crippen LogP contribution in [0.3, 0.4) is 0 Å². The van der Waals surface area contributed by atoms with E-state index < -0.39 is 0 Å². The lowest BCUT2D eigenvalue weighted by molar-refractivity contribution is -0.143. The Morgan fingerprint density at radius 3 is 2.59 bits per heavy atom. The van der Waals surface area contributed by atoms with Crippen LogP contribution in [0.4, 0.5) is 0 Å². The molecule has 1 heterocycles. The summed E-state index contributed by atoms with van der Waals surface area (Å²) in [5.41, 5.74) is 1.43. The van der Waals surface area contributed by atoms with Crippen molar-refractivity contribution in [3.05, 3.63) is 60.9 Å². The first-order valence-electron chi connectivity index (χ1n) is 11.6. The van der Waals surface area contributed by atoms with Crippen LogP contribution in [0, 0.1) is 0 Å². The molecule has 1 saturated heterocycles. The number of esters is 1. The number of amides is 1. The van der Waals surface area contributed by atoms with E-state index in [4.69, 9.17) is 49.6 Å². The van der Waals surface area contributed by atoms with E-state index in [2.05, 4.69) is 15.9 Å². The van der Waals surface area contributed by atoms with Gasteiger partial charge in [-0.3, -0.25) is 14.5 Å². The van der Waals surface area contributed by atoms with E-state index >= 15 is 0 Å². The van der Waals surface area contributed by atoms with E-state index in [1.54, 1.807) is 49.3 Å². The number of carbonyl (C=O) groups excluding carboxylic acids is 2. The van der Waals surface area contributed by atoms with Crippen LogP contribution in [-0.4, -0.2) is 41.4 Å². The highest BCUT2D eigenvalue weighted by Crippen LogP contribution is 2.40. The van der Waals surface area contributed by atoms with Crippen molar-refractivity contribution in [3.8, 4) is 11.5 Å². The SMILES string of the molecule is CCOC(=O)CCCCCN1C(=O)/C(=C/c2cc(Br)c(OCc3c(Cl)cccc3Cl)c(OC)c2)SC1=S. The van der Waals surface area contributed by atoms with Gasteiger partial charge in [-0.1, -0.05) is 59.7 Å². The zero-order valence-electron chi connectivity index (χ0n) is 20.4. The molecule has 0 radical (unpaired) electrons. The minimum atomic E-state index is -0.193. The van der Waals surface area contributed by atoms with Crippen LogP contribution in [0.15, 0.2) is 39.7 Å². The number of ether oxygens (including phenoxy) is 3. The Bertz CT molecular complexity index is 1190. The van der Waals surface area contributed by atoms with Gasteiger partial charge in [-0.15, -0.1) is 0 Å². The maximum absolute atomic E-state index is 13.0. The quantitative estimate of drug-likeness (QED) is 0.101. The predicted molar refractivity (Wildman–Crippen MR) is 156 cm³/mol. The van der Waals surface area contributed by atoms with Crippen molar-refractivity contribution in [3.63, 3.8) is 0 Å². The number of benzene rings is 2. The highest BCUT2D eigenvalue weighted by molar-refractivity contribution is 9.10. The third kappa shape index (κ3) is 8.10. The van der Waals surface area contributed by atoms with Gasteiger partial charge in [0.05, 0.1) is 23.1 Å². The summed E-state index contributed by atoms with van der Waals surface area (Å²) in [5, 5.41) is 1.03. The molecule has 0 aliphatic carbocycles. The highest BCUT2D eigenvalue weighted by atomic mass is 79.9. The second-order valence-electron chi connectivity index (χ2n) is 7.97. The third-order valence-corrected chi connectivity index (χ3v) is 8.09. The average Bonchev–Trinajstić information content (AvgIpc) is 3.11. The molecule has 6 nitrogen and oxygen atoms in total. The Kier molecular flexibility index (Phi) is 11.6. The predicted octanol–water partition coefficient (Wildman–Crippen LogP) is 7.67. The first-order chi connectivity index (χ1) is 17.7. The number of thiocarbonyl (C=S) groups is 1. The number of nitrogens with zero attached hydrogens (tertiary/aromatic N) is 1. The molecule has 1 amide bonds. The second-order valence-corrected chi connectivity index (χ2v) is 11.3. The summed E-state index contributed by atoms with van der Waals surface area (Å²) in [6, 6.07) is 8.90. The summed E-state index contributed by atoms with van der Waals surface area (Å²) >= 11 is 22.8. The topological polar surface area (TPSA) is 65.1 Å². The van der Waals surface area contributed by atoms with Gasteiger partial charge in [0, 0.05) is 28.6 Å². The van der Waals surface area contributed by atoms with Crippen LogP contribution in [0.2, 0.25) is 10.0 Å². The van der Waals surface area contributed by atoms with Crippen molar-refractivity contribution < 1.29 is 23.8 Å². The molecule has 0 aromatic heterocycles. The number of carbonyl (C=O) groups is 2. The van der Waals surface area contributed by atoms with Crippen molar-refractivity contribution in [2.45, 2.75) is 39.2 Å². The maximum atomic E-state index is 13.0. The number of halogens is 3. The fourth-order valence-electron chi connectivity index (χ4n) is 3.57. The van der Waals surface area contributed by atoms with Gasteiger partial charge in [0.25, 0.3) is 5.91 Å². The van der Waals surface area contributed by atoms with Gasteiger partial charge in [0.1, 0.15) is 10.9 Å². The van der Waals surface area contributed by atoms with E-state index in [-0.39, 0.29) is 18.5 Å². The molecule has 198 valence electrons. The Balaban J connectivity index is 1.65. The smallest absolute Gasteiger partial charge is 0.305 e. The molecule has 0 N–H and O–H groups in total. The lowest BCUT2D eigenvalue weighted by atomic mass is 10.1. The number of methoxy groups -OCH3 is 1. The molecule has 0 atom stereocenters. The average molecular weight is 647 g/mol. The lowest BCUT2D eigenvalue weighted by Gasteiger charge is -2.15. The minimum absolute atomic E-state index is 0.135. The Morgan fingerprint density at radius 1 is 1.19 bits per heavy atom. The minimum Gasteiger partial charge on any atom is -0.493 e. The summed E-state index contributed by atoms with van der Waals surface area (Å²) in [6.07, 6.45) is 4.43. The Hall–Kier alpha value is -1.78. The molecule has 1 aliphatic rings. The van der Waals surface area contributed by atoms with E-state index in [1.807, 2.05) is 6.07 Å². The van der Waals surface area contributed by atoms with E-state index in [1.165, 1.54) is 11.8 Å². The second kappa shape index (κ2) is 14.4. The van der Waals surface area contributed by atoms with Gasteiger partial charge in [0.15, 0.2) is 11.5 Å². The van der Waals surface area contributed by atoms with Crippen LogP contribution in [0.25, 0.3) is 6.08 Å². The number of rotatable bonds is 12. The van der Waals surface area contributed by atoms with Crippen molar-refractivity contribution >= 4 is 85.4 Å². The molecule has 11 heteroatoms. The van der Waals surface area contributed by atoms with Gasteiger partial charge in [-0.25, -0.2) is 0 Å². The van der Waals surface area contributed by atoms with Gasteiger partial charge in [-0.2, -0.15) is 0 Å². The first kappa shape index (κ1) is 29.8. The van der Waals surface area contributed by atoms with E-state index in [0.29, 0.717) is 66.8 Å². The van der Waals surface area contributed by atoms with E-state index in [0.717, 1.165) is 18.4 Å². The largest absolute Gasteiger partial charge is 0.493 e. The molecule has 0 saturated carbocycles. The molecule has 1 aliphatic heterocycles. The zero-order chi connectivity index (χ0) is 26.9. The fourth-order valence-corrected chi connectivity index (χ4v) is 5.96. The summed E-state index contributed by atoms with van der Waals surface area (Å²) in [4.78, 5) is 26.6. The Morgan fingerprint density at radius 2 is 1.92 bits per heavy atom. The molecule has 3 rings (SSSR count). The van der Waals surface area contributed by atoms with Gasteiger partial charge in [0.2, 0.25) is 0 Å². The lowest BCUT2D eigenvalue weighted by Crippen LogP contribution is -2.29. The third-order valence-electron chi connectivity index (χ3n) is 5.41. The first-order valence-corrected chi connectivity index (χ1v) is 14.4. The molecule has 0 unspecified atom stereocenters. The van der Waals surface area contributed by atoms with Crippen LogP contribution < -0.4 is 9.47 Å². The van der Waals surface area contributed by atoms with Gasteiger partial charge < -0.3 is 14.2 Å². The monoisotopic (exact) mass is 645 g/mol. The number of hydrogen-bond acceptors (Lipinski definition) is 7. The van der Waals surface area contributed by atoms with Crippen molar-refractivity contribution in [2.75, 3.05) is 20.3 Å². The van der Waals surface area contributed by atoms with Gasteiger partial charge in [-0.05, 0) is 71.6 Å². The number of thioether (sulfide) groups is 1. The standard InChI is InChI=1S/C26H26BrCl2NO5S2/c1-3-34-23(31)10-5-4-6-11-30-25(32)22(37-26(30)36)14-16-12-18(27)24(21(13-16)33-2)35-15-17-19(28)8-7-9-20(17)29/h7-9,12-14H,3-6,10-11,15H2,1-2H3/b22-14-. The molecule has 2 aromatic carbocycles. The van der Waals surface area contributed by atoms with Crippen molar-refractivity contribution in [1.29, 1.82) is 0 Å². The van der Waals surface area contributed by atoms with Gasteiger partial charge >= 0.3 is 5.97 Å². The number of unbranched alkanes of at least 4 members (excludes halogenated alkanes) is 2. The number of hydrogen-bond donors (Lipinski definition) is 0. The summed E-state index contributed by atoms with van der Waals surface area (Å²) in [5.74, 6) is 0.651. The molecule has 0 spiro atoms. The van der Waals surface area contributed by atoms with Crippen LogP contribution in [-0.2, 0) is 20.9 Å². The highest BCUT2D eigenvalue weighted by Gasteiger charge is 2.31. The maximum Gasteiger partial charge on any atom is 0.305 e. The summed E-state index contributed by atoms with van der Waals surface area (Å²) < 4.78 is 17.6. The Labute approximate surface area is 244 Å². The normalized spacial score (nSPS) is 14.4. The van der Waals surface area contributed by atoms with Crippen LogP contribution in [0.5, 0.6) is 11.5 Å². The molecular formula is C26H26BrCl2NO5S2. The van der Waals surface area contributed by atoms with E-state index in [9.17, 15) is 9.59 Å². The molecule has 0 bridgehead atoms. The van der Waals surface area contributed by atoms with Crippen LogP contribution in [0.1, 0.15) is 43.7 Å².